The smallest absolute Gasteiger partial charge is 0.131 e. The Hall–Kier alpha value is -1.84. The molecule has 2 N–H and O–H groups in total. The van der Waals surface area contributed by atoms with E-state index >= 15 is 0 Å². The summed E-state index contributed by atoms with van der Waals surface area (Å²) in [6, 6.07) is 2.87. The number of hydrogen-bond acceptors (Lipinski definition) is 3. The highest BCUT2D eigenvalue weighted by molar-refractivity contribution is 5.78. The van der Waals surface area contributed by atoms with Crippen molar-refractivity contribution in [2.24, 2.45) is 0 Å². The summed E-state index contributed by atoms with van der Waals surface area (Å²) in [5.41, 5.74) is 8.72. The van der Waals surface area contributed by atoms with Crippen LogP contribution in [0.5, 0.6) is 0 Å². The highest BCUT2D eigenvalue weighted by atomic mass is 19.1. The summed E-state index contributed by atoms with van der Waals surface area (Å²) in [5.74, 6) is -0.122. The summed E-state index contributed by atoms with van der Waals surface area (Å²) < 4.78 is 18.2. The van der Waals surface area contributed by atoms with Gasteiger partial charge in [0.2, 0.25) is 0 Å². The molecule has 0 fully saturated rings. The lowest BCUT2D eigenvalue weighted by atomic mass is 9.95. The third-order valence-corrected chi connectivity index (χ3v) is 2.54. The van der Waals surface area contributed by atoms with Crippen LogP contribution in [-0.2, 0) is 0 Å². The predicted octanol–water partition coefficient (Wildman–Crippen LogP) is 3.19. The van der Waals surface area contributed by atoms with E-state index < -0.39 is 0 Å². The normalized spacial score (nSPS) is 11.0. The number of nitrogens with two attached hydrogens (primary N) is 1. The lowest BCUT2D eigenvalue weighted by Gasteiger charge is -2.13. The molecule has 0 saturated heterocycles. The number of anilines is 1. The molecular formula is C12H13FN2O. The maximum atomic E-state index is 13.5. The summed E-state index contributed by atoms with van der Waals surface area (Å²) in [4.78, 5) is 0. The topological polar surface area (TPSA) is 52.0 Å². The number of hydrogen-bond donors (Lipinski definition) is 1. The van der Waals surface area contributed by atoms with Gasteiger partial charge < -0.3 is 10.3 Å². The van der Waals surface area contributed by atoms with Crippen LogP contribution >= 0.6 is 0 Å². The van der Waals surface area contributed by atoms with Crippen LogP contribution in [0.25, 0.3) is 11.1 Å². The van der Waals surface area contributed by atoms with Gasteiger partial charge in [-0.2, -0.15) is 0 Å². The summed E-state index contributed by atoms with van der Waals surface area (Å²) in [5, 5.41) is 3.59. The standard InChI is InChI=1S/C12H13FN2O/c1-7(2)10-3-9(13)4-11(12(10)14)8-5-15-16-6-8/h3-7H,14H2,1-2H3. The predicted molar refractivity (Wildman–Crippen MR) is 60.4 cm³/mol. The van der Waals surface area contributed by atoms with Crippen LogP contribution in [0.4, 0.5) is 10.1 Å². The molecule has 3 nitrogen and oxygen atoms in total. The average Bonchev–Trinajstić information content (AvgIpc) is 2.73. The Morgan fingerprint density at radius 2 is 2.12 bits per heavy atom. The molecule has 1 aromatic carbocycles. The molecule has 1 heterocycles. The van der Waals surface area contributed by atoms with Crippen LogP contribution in [0.3, 0.4) is 0 Å². The zero-order chi connectivity index (χ0) is 11.7. The van der Waals surface area contributed by atoms with E-state index in [-0.39, 0.29) is 11.7 Å². The first-order valence-corrected chi connectivity index (χ1v) is 5.08. The molecule has 16 heavy (non-hydrogen) atoms. The molecule has 0 aliphatic heterocycles. The maximum Gasteiger partial charge on any atom is 0.131 e. The van der Waals surface area contributed by atoms with Gasteiger partial charge in [0.05, 0.1) is 6.20 Å². The zero-order valence-corrected chi connectivity index (χ0v) is 9.20. The second-order valence-electron chi connectivity index (χ2n) is 4.02. The fourth-order valence-electron chi connectivity index (χ4n) is 1.69. The number of halogens is 1. The lowest BCUT2D eigenvalue weighted by molar-refractivity contribution is 0.420. The highest BCUT2D eigenvalue weighted by Crippen LogP contribution is 2.33. The SMILES string of the molecule is CC(C)c1cc(F)cc(-c2cnoc2)c1N. The van der Waals surface area contributed by atoms with Crippen LogP contribution in [0.1, 0.15) is 25.3 Å². The number of nitrogen functional groups attached to an aromatic ring is 1. The largest absolute Gasteiger partial charge is 0.398 e. The maximum absolute atomic E-state index is 13.5. The molecule has 0 bridgehead atoms. The van der Waals surface area contributed by atoms with Crippen molar-refractivity contribution in [3.05, 3.63) is 36.0 Å². The van der Waals surface area contributed by atoms with Gasteiger partial charge in [0.25, 0.3) is 0 Å². The second kappa shape index (κ2) is 3.96. The van der Waals surface area contributed by atoms with E-state index in [9.17, 15) is 4.39 Å². The first-order chi connectivity index (χ1) is 7.59. The Balaban J connectivity index is 2.62. The fraction of sp³-hybridized carbons (Fsp3) is 0.250. The van der Waals surface area contributed by atoms with Gasteiger partial charge in [-0.05, 0) is 23.6 Å². The summed E-state index contributed by atoms with van der Waals surface area (Å²) >= 11 is 0. The highest BCUT2D eigenvalue weighted by Gasteiger charge is 2.13. The van der Waals surface area contributed by atoms with Crippen LogP contribution in [-0.4, -0.2) is 5.16 Å². The minimum absolute atomic E-state index is 0.175. The van der Waals surface area contributed by atoms with Gasteiger partial charge in [0.1, 0.15) is 12.1 Å². The van der Waals surface area contributed by atoms with Crippen LogP contribution in [0, 0.1) is 5.82 Å². The van der Waals surface area contributed by atoms with Crippen LogP contribution in [0.15, 0.2) is 29.1 Å². The minimum atomic E-state index is -0.297. The van der Waals surface area contributed by atoms with Gasteiger partial charge in [0.15, 0.2) is 0 Å². The van der Waals surface area contributed by atoms with Gasteiger partial charge in [-0.25, -0.2) is 4.39 Å². The molecule has 0 saturated carbocycles. The van der Waals surface area contributed by atoms with Crippen molar-refractivity contribution >= 4 is 5.69 Å². The lowest BCUT2D eigenvalue weighted by Crippen LogP contribution is -2.00. The average molecular weight is 220 g/mol. The molecule has 1 aromatic heterocycles. The Bertz CT molecular complexity index is 492. The summed E-state index contributed by atoms with van der Waals surface area (Å²) in [7, 11) is 0. The van der Waals surface area contributed by atoms with Gasteiger partial charge >= 0.3 is 0 Å². The molecule has 2 rings (SSSR count). The molecule has 2 aromatic rings. The van der Waals surface area contributed by atoms with Crippen molar-refractivity contribution in [2.45, 2.75) is 19.8 Å². The van der Waals surface area contributed by atoms with E-state index in [1.807, 2.05) is 13.8 Å². The van der Waals surface area contributed by atoms with Gasteiger partial charge in [0, 0.05) is 16.8 Å². The van der Waals surface area contributed by atoms with Gasteiger partial charge in [-0.3, -0.25) is 0 Å². The summed E-state index contributed by atoms with van der Waals surface area (Å²) in [6.45, 7) is 3.95. The molecule has 0 unspecified atom stereocenters. The number of nitrogens with zero attached hydrogens (tertiary/aromatic N) is 1. The summed E-state index contributed by atoms with van der Waals surface area (Å²) in [6.07, 6.45) is 2.98. The third kappa shape index (κ3) is 1.78. The first kappa shape index (κ1) is 10.7. The van der Waals surface area contributed by atoms with Crippen molar-refractivity contribution < 1.29 is 8.91 Å². The molecule has 0 amide bonds. The molecule has 0 radical (unpaired) electrons. The Kier molecular flexibility index (Phi) is 2.64. The van der Waals surface area contributed by atoms with E-state index in [4.69, 9.17) is 10.3 Å². The van der Waals surface area contributed by atoms with Gasteiger partial charge in [-0.15, -0.1) is 0 Å². The Morgan fingerprint density at radius 3 is 2.69 bits per heavy atom. The van der Waals surface area contributed by atoms with Crippen molar-refractivity contribution in [1.29, 1.82) is 0 Å². The van der Waals surface area contributed by atoms with Crippen molar-refractivity contribution in [3.8, 4) is 11.1 Å². The Morgan fingerprint density at radius 1 is 1.38 bits per heavy atom. The molecule has 84 valence electrons. The second-order valence-corrected chi connectivity index (χ2v) is 4.02. The molecule has 0 atom stereocenters. The van der Waals surface area contributed by atoms with Crippen molar-refractivity contribution in [3.63, 3.8) is 0 Å². The monoisotopic (exact) mass is 220 g/mol. The van der Waals surface area contributed by atoms with Crippen molar-refractivity contribution in [2.75, 3.05) is 5.73 Å². The van der Waals surface area contributed by atoms with E-state index in [2.05, 4.69) is 5.16 Å². The molecule has 0 aliphatic carbocycles. The minimum Gasteiger partial charge on any atom is -0.398 e. The zero-order valence-electron chi connectivity index (χ0n) is 9.20. The van der Waals surface area contributed by atoms with Crippen LogP contribution in [0.2, 0.25) is 0 Å². The van der Waals surface area contributed by atoms with E-state index in [0.717, 1.165) is 5.56 Å². The van der Waals surface area contributed by atoms with Gasteiger partial charge in [-0.1, -0.05) is 19.0 Å². The number of benzene rings is 1. The fourth-order valence-corrected chi connectivity index (χ4v) is 1.69. The molecule has 0 aliphatic rings. The molecule has 0 spiro atoms. The molecular weight excluding hydrogens is 207 g/mol. The third-order valence-electron chi connectivity index (χ3n) is 2.54. The van der Waals surface area contributed by atoms with E-state index in [1.54, 1.807) is 0 Å². The van der Waals surface area contributed by atoms with Crippen LogP contribution < -0.4 is 5.73 Å². The van der Waals surface area contributed by atoms with E-state index in [0.29, 0.717) is 16.8 Å². The number of aromatic nitrogens is 1. The van der Waals surface area contributed by atoms with Crippen molar-refractivity contribution in [1.82, 2.24) is 5.16 Å². The number of rotatable bonds is 2. The Labute approximate surface area is 93.1 Å². The van der Waals surface area contributed by atoms with E-state index in [1.165, 1.54) is 24.6 Å². The first-order valence-electron chi connectivity index (χ1n) is 5.08. The molecule has 4 heteroatoms. The quantitative estimate of drug-likeness (QED) is 0.791.